The summed E-state index contributed by atoms with van der Waals surface area (Å²) in [4.78, 5) is 5.76. The highest BCUT2D eigenvalue weighted by molar-refractivity contribution is 7.71. The van der Waals surface area contributed by atoms with Gasteiger partial charge in [0, 0.05) is 25.3 Å². The highest BCUT2D eigenvalue weighted by atomic mass is 32.1. The maximum atomic E-state index is 5.21. The normalized spacial score (nSPS) is 15.9. The molecule has 0 radical (unpaired) electrons. The summed E-state index contributed by atoms with van der Waals surface area (Å²) in [6, 6.07) is 16.7. The molecule has 1 aliphatic rings. The molecule has 2 aromatic rings. The minimum atomic E-state index is 0.795. The van der Waals surface area contributed by atoms with Gasteiger partial charge in [0.15, 0.2) is 0 Å². The topological polar surface area (TPSA) is 19.0 Å². The fourth-order valence-corrected chi connectivity index (χ4v) is 2.80. The largest absolute Gasteiger partial charge is 0.346 e. The zero-order valence-electron chi connectivity index (χ0n) is 11.4. The van der Waals surface area contributed by atoms with Crippen LogP contribution < -0.4 is 0 Å². The van der Waals surface area contributed by atoms with Gasteiger partial charge in [0.1, 0.15) is 4.64 Å². The molecule has 0 saturated heterocycles. The van der Waals surface area contributed by atoms with Gasteiger partial charge >= 0.3 is 0 Å². The molecule has 1 aromatic heterocycles. The van der Waals surface area contributed by atoms with Gasteiger partial charge in [-0.2, -0.15) is 0 Å². The Labute approximate surface area is 124 Å². The van der Waals surface area contributed by atoms with Crippen molar-refractivity contribution in [2.24, 2.45) is 0 Å². The number of aromatic amines is 1. The number of rotatable bonds is 3. The van der Waals surface area contributed by atoms with Crippen molar-refractivity contribution in [3.05, 3.63) is 70.5 Å². The molecule has 0 atom stereocenters. The lowest BCUT2D eigenvalue weighted by Crippen LogP contribution is -2.29. The summed E-state index contributed by atoms with van der Waals surface area (Å²) < 4.78 is 0.795. The van der Waals surface area contributed by atoms with Gasteiger partial charge in [-0.25, -0.2) is 0 Å². The number of hydrogen-bond acceptors (Lipinski definition) is 2. The summed E-state index contributed by atoms with van der Waals surface area (Å²) in [5, 5.41) is 0. The monoisotopic (exact) mass is 282 g/mol. The minimum Gasteiger partial charge on any atom is -0.346 e. The fraction of sp³-hybridized carbons (Fsp3) is 0.235. The Bertz CT molecular complexity index is 658. The number of nitrogens with one attached hydrogen (secondary N) is 1. The Morgan fingerprint density at radius 1 is 1.05 bits per heavy atom. The van der Waals surface area contributed by atoms with Gasteiger partial charge in [-0.15, -0.1) is 0 Å². The summed E-state index contributed by atoms with van der Waals surface area (Å²) in [7, 11) is 0. The molecule has 0 unspecified atom stereocenters. The van der Waals surface area contributed by atoms with Crippen molar-refractivity contribution >= 4 is 17.8 Å². The second kappa shape index (κ2) is 6.16. The molecule has 20 heavy (non-hydrogen) atoms. The molecule has 0 spiro atoms. The molecule has 3 heteroatoms. The first-order valence-corrected chi connectivity index (χ1v) is 7.37. The van der Waals surface area contributed by atoms with E-state index in [0.717, 1.165) is 36.4 Å². The molecule has 3 rings (SSSR count). The van der Waals surface area contributed by atoms with Gasteiger partial charge < -0.3 is 4.98 Å². The van der Waals surface area contributed by atoms with Crippen LogP contribution in [0.3, 0.4) is 0 Å². The van der Waals surface area contributed by atoms with Crippen LogP contribution in [0.25, 0.3) is 5.57 Å². The Kier molecular flexibility index (Phi) is 4.09. The molecule has 0 amide bonds. The smallest absolute Gasteiger partial charge is 0.103 e. The average molecular weight is 282 g/mol. The Morgan fingerprint density at radius 2 is 1.90 bits per heavy atom. The molecule has 1 N–H and O–H groups in total. The van der Waals surface area contributed by atoms with Gasteiger partial charge in [-0.3, -0.25) is 4.90 Å². The van der Waals surface area contributed by atoms with Gasteiger partial charge in [0.25, 0.3) is 0 Å². The van der Waals surface area contributed by atoms with E-state index in [0.29, 0.717) is 0 Å². The number of H-pyrrole nitrogens is 1. The van der Waals surface area contributed by atoms with Crippen LogP contribution >= 0.6 is 12.2 Å². The quantitative estimate of drug-likeness (QED) is 0.857. The van der Waals surface area contributed by atoms with E-state index in [2.05, 4.69) is 52.4 Å². The number of benzene rings is 1. The first-order chi connectivity index (χ1) is 9.81. The highest BCUT2D eigenvalue weighted by Crippen LogP contribution is 2.20. The van der Waals surface area contributed by atoms with Crippen molar-refractivity contribution in [3.63, 3.8) is 0 Å². The van der Waals surface area contributed by atoms with Crippen LogP contribution in [0.2, 0.25) is 0 Å². The maximum absolute atomic E-state index is 5.21. The van der Waals surface area contributed by atoms with Crippen LogP contribution in [0.5, 0.6) is 0 Å². The van der Waals surface area contributed by atoms with Crippen LogP contribution in [0, 0.1) is 4.64 Å². The van der Waals surface area contributed by atoms with Gasteiger partial charge in [-0.1, -0.05) is 54.7 Å². The SMILES string of the molecule is S=c1cccc(C2=CCCN(Cc3ccccc3)C2)[nH]1. The van der Waals surface area contributed by atoms with Crippen molar-refractivity contribution in [1.29, 1.82) is 0 Å². The third-order valence-corrected chi connectivity index (χ3v) is 3.83. The molecular weight excluding hydrogens is 264 g/mol. The summed E-state index contributed by atoms with van der Waals surface area (Å²) in [5.41, 5.74) is 3.86. The molecule has 0 aliphatic carbocycles. The van der Waals surface area contributed by atoms with Crippen LogP contribution in [0.15, 0.2) is 54.6 Å². The summed E-state index contributed by atoms with van der Waals surface area (Å²) in [5.74, 6) is 0. The predicted octanol–water partition coefficient (Wildman–Crippen LogP) is 4.03. The summed E-state index contributed by atoms with van der Waals surface area (Å²) in [6.07, 6.45) is 3.42. The second-order valence-corrected chi connectivity index (χ2v) is 5.58. The molecule has 1 aliphatic heterocycles. The van der Waals surface area contributed by atoms with Crippen LogP contribution in [-0.2, 0) is 6.54 Å². The van der Waals surface area contributed by atoms with E-state index in [9.17, 15) is 0 Å². The van der Waals surface area contributed by atoms with Crippen LogP contribution in [0.1, 0.15) is 17.7 Å². The third-order valence-electron chi connectivity index (χ3n) is 3.59. The molecule has 2 heterocycles. The van der Waals surface area contributed by atoms with E-state index in [1.807, 2.05) is 12.1 Å². The summed E-state index contributed by atoms with van der Waals surface area (Å²) >= 11 is 5.21. The van der Waals surface area contributed by atoms with E-state index in [1.165, 1.54) is 11.1 Å². The molecule has 102 valence electrons. The predicted molar refractivity (Wildman–Crippen MR) is 85.9 cm³/mol. The molecule has 1 aromatic carbocycles. The van der Waals surface area contributed by atoms with E-state index in [1.54, 1.807) is 0 Å². The lowest BCUT2D eigenvalue weighted by Gasteiger charge is -2.27. The first-order valence-electron chi connectivity index (χ1n) is 6.96. The Hall–Kier alpha value is -1.71. The van der Waals surface area contributed by atoms with Crippen molar-refractivity contribution in [2.45, 2.75) is 13.0 Å². The summed E-state index contributed by atoms with van der Waals surface area (Å²) in [6.45, 7) is 3.10. The van der Waals surface area contributed by atoms with E-state index < -0.39 is 0 Å². The van der Waals surface area contributed by atoms with E-state index in [4.69, 9.17) is 12.2 Å². The minimum absolute atomic E-state index is 0.795. The second-order valence-electron chi connectivity index (χ2n) is 5.14. The van der Waals surface area contributed by atoms with Gasteiger partial charge in [-0.05, 0) is 29.7 Å². The molecule has 0 fully saturated rings. The fourth-order valence-electron chi connectivity index (χ4n) is 2.61. The van der Waals surface area contributed by atoms with Crippen molar-refractivity contribution in [3.8, 4) is 0 Å². The zero-order valence-corrected chi connectivity index (χ0v) is 12.2. The number of hydrogen-bond donors (Lipinski definition) is 1. The van der Waals surface area contributed by atoms with Crippen molar-refractivity contribution in [1.82, 2.24) is 9.88 Å². The Balaban J connectivity index is 1.73. The number of nitrogens with zero attached hydrogens (tertiary/aromatic N) is 1. The maximum Gasteiger partial charge on any atom is 0.103 e. The van der Waals surface area contributed by atoms with Crippen molar-refractivity contribution < 1.29 is 0 Å². The third kappa shape index (κ3) is 3.24. The van der Waals surface area contributed by atoms with Crippen LogP contribution in [0.4, 0.5) is 0 Å². The standard InChI is InChI=1S/C17H18N2S/c20-17-10-4-9-16(18-17)15-8-5-11-19(13-15)12-14-6-2-1-3-7-14/h1-4,6-10H,5,11-13H2,(H,18,20). The van der Waals surface area contributed by atoms with Gasteiger partial charge in [0.05, 0.1) is 0 Å². The molecule has 0 saturated carbocycles. The number of pyridine rings is 1. The zero-order chi connectivity index (χ0) is 13.8. The van der Waals surface area contributed by atoms with E-state index in [-0.39, 0.29) is 0 Å². The first kappa shape index (κ1) is 13.3. The number of aromatic nitrogens is 1. The molecule has 0 bridgehead atoms. The average Bonchev–Trinajstić information content (AvgIpc) is 2.49. The Morgan fingerprint density at radius 3 is 2.70 bits per heavy atom. The van der Waals surface area contributed by atoms with Crippen LogP contribution in [-0.4, -0.2) is 23.0 Å². The van der Waals surface area contributed by atoms with Gasteiger partial charge in [0.2, 0.25) is 0 Å². The molecule has 2 nitrogen and oxygen atoms in total. The lowest BCUT2D eigenvalue weighted by molar-refractivity contribution is 0.296. The molecular formula is C17H18N2S. The van der Waals surface area contributed by atoms with E-state index >= 15 is 0 Å². The van der Waals surface area contributed by atoms with Crippen molar-refractivity contribution in [2.75, 3.05) is 13.1 Å². The highest BCUT2D eigenvalue weighted by Gasteiger charge is 2.14. The lowest BCUT2D eigenvalue weighted by atomic mass is 10.1.